The fraction of sp³-hybridized carbons (Fsp3) is 0.100. The van der Waals surface area contributed by atoms with Gasteiger partial charge in [0, 0.05) is 17.0 Å². The number of hydrogen-bond acceptors (Lipinski definition) is 3. The van der Waals surface area contributed by atoms with Crippen molar-refractivity contribution in [1.29, 1.82) is 0 Å². The molecule has 0 aliphatic heterocycles. The van der Waals surface area contributed by atoms with Crippen LogP contribution >= 0.6 is 11.3 Å². The van der Waals surface area contributed by atoms with Gasteiger partial charge in [0.1, 0.15) is 11.6 Å². The normalized spacial score (nSPS) is 12.7. The Labute approximate surface area is 89.4 Å². The van der Waals surface area contributed by atoms with E-state index in [1.54, 1.807) is 10.9 Å². The van der Waals surface area contributed by atoms with E-state index < -0.39 is 17.7 Å². The van der Waals surface area contributed by atoms with Gasteiger partial charge in [0.2, 0.25) is 0 Å². The van der Waals surface area contributed by atoms with Gasteiger partial charge in [-0.3, -0.25) is 0 Å². The second-order valence-corrected chi connectivity index (χ2v) is 3.78. The number of aromatic nitrogens is 1. The fourth-order valence-electron chi connectivity index (χ4n) is 1.29. The lowest BCUT2D eigenvalue weighted by molar-refractivity contribution is 0.565. The molecule has 0 fully saturated rings. The zero-order chi connectivity index (χ0) is 10.8. The van der Waals surface area contributed by atoms with E-state index in [0.717, 1.165) is 6.07 Å². The number of hydrogen-bond donors (Lipinski definition) is 1. The van der Waals surface area contributed by atoms with Gasteiger partial charge in [-0.25, -0.2) is 13.8 Å². The van der Waals surface area contributed by atoms with E-state index in [1.807, 2.05) is 0 Å². The Bertz CT molecular complexity index is 456. The minimum absolute atomic E-state index is 0.252. The van der Waals surface area contributed by atoms with Crippen molar-refractivity contribution in [3.05, 3.63) is 52.0 Å². The third-order valence-electron chi connectivity index (χ3n) is 2.07. The van der Waals surface area contributed by atoms with E-state index in [-0.39, 0.29) is 5.56 Å². The predicted octanol–water partition coefficient (Wildman–Crippen LogP) is 2.47. The summed E-state index contributed by atoms with van der Waals surface area (Å²) in [6.45, 7) is 0. The highest BCUT2D eigenvalue weighted by Crippen LogP contribution is 2.22. The van der Waals surface area contributed by atoms with Crippen LogP contribution in [0.15, 0.2) is 29.1 Å². The summed E-state index contributed by atoms with van der Waals surface area (Å²) in [4.78, 5) is 3.99. The van der Waals surface area contributed by atoms with Gasteiger partial charge in [0.15, 0.2) is 0 Å². The van der Waals surface area contributed by atoms with Gasteiger partial charge in [-0.1, -0.05) is 6.07 Å². The van der Waals surface area contributed by atoms with Crippen LogP contribution in [0.5, 0.6) is 0 Å². The third-order valence-corrected chi connectivity index (χ3v) is 2.67. The fourth-order valence-corrected chi connectivity index (χ4v) is 1.88. The third kappa shape index (κ3) is 2.03. The molecule has 1 atom stereocenters. The molecular weight excluding hydrogens is 218 g/mol. The minimum atomic E-state index is -0.643. The lowest BCUT2D eigenvalue weighted by atomic mass is 10.0. The lowest BCUT2D eigenvalue weighted by Crippen LogP contribution is -2.14. The molecule has 1 heterocycles. The molecule has 1 unspecified atom stereocenters. The molecule has 5 heteroatoms. The van der Waals surface area contributed by atoms with Gasteiger partial charge in [-0.2, -0.15) is 0 Å². The Hall–Kier alpha value is -1.33. The first kappa shape index (κ1) is 10.2. The van der Waals surface area contributed by atoms with Crippen LogP contribution in [0.1, 0.15) is 17.3 Å². The van der Waals surface area contributed by atoms with E-state index in [2.05, 4.69) is 4.98 Å². The highest BCUT2D eigenvalue weighted by molar-refractivity contribution is 7.07. The molecule has 0 aliphatic rings. The molecule has 0 radical (unpaired) electrons. The summed E-state index contributed by atoms with van der Waals surface area (Å²) in [5.74, 6) is -1.25. The largest absolute Gasteiger partial charge is 0.319 e. The summed E-state index contributed by atoms with van der Waals surface area (Å²) >= 11 is 1.38. The van der Waals surface area contributed by atoms with Crippen molar-refractivity contribution in [3.63, 3.8) is 0 Å². The summed E-state index contributed by atoms with van der Waals surface area (Å²) in [5, 5.41) is 1.74. The topological polar surface area (TPSA) is 38.9 Å². The average Bonchev–Trinajstić information content (AvgIpc) is 2.69. The maximum Gasteiger partial charge on any atom is 0.131 e. The highest BCUT2D eigenvalue weighted by Gasteiger charge is 2.15. The molecule has 2 nitrogen and oxygen atoms in total. The molecule has 0 spiro atoms. The van der Waals surface area contributed by atoms with Crippen molar-refractivity contribution in [2.24, 2.45) is 5.73 Å². The van der Waals surface area contributed by atoms with Crippen LogP contribution in [0.4, 0.5) is 8.78 Å². The van der Waals surface area contributed by atoms with Crippen molar-refractivity contribution in [1.82, 2.24) is 4.98 Å². The quantitative estimate of drug-likeness (QED) is 0.854. The molecule has 0 amide bonds. The van der Waals surface area contributed by atoms with Gasteiger partial charge >= 0.3 is 0 Å². The summed E-state index contributed by atoms with van der Waals surface area (Å²) in [6, 6.07) is 2.71. The molecule has 15 heavy (non-hydrogen) atoms. The van der Waals surface area contributed by atoms with Crippen LogP contribution in [-0.2, 0) is 0 Å². The van der Waals surface area contributed by atoms with Crippen LogP contribution in [-0.4, -0.2) is 4.98 Å². The van der Waals surface area contributed by atoms with Crippen LogP contribution in [0.3, 0.4) is 0 Å². The number of nitrogens with two attached hydrogens (primary N) is 1. The summed E-state index contributed by atoms with van der Waals surface area (Å²) in [5.41, 5.74) is 8.26. The Morgan fingerprint density at radius 2 is 2.13 bits per heavy atom. The van der Waals surface area contributed by atoms with Crippen LogP contribution in [0.25, 0.3) is 0 Å². The smallest absolute Gasteiger partial charge is 0.131 e. The summed E-state index contributed by atoms with van der Waals surface area (Å²) < 4.78 is 26.0. The highest BCUT2D eigenvalue weighted by atomic mass is 32.1. The zero-order valence-corrected chi connectivity index (χ0v) is 8.47. The molecule has 0 saturated carbocycles. The second kappa shape index (κ2) is 4.04. The predicted molar refractivity (Wildman–Crippen MR) is 54.5 cm³/mol. The summed E-state index contributed by atoms with van der Waals surface area (Å²) in [6.07, 6.45) is 0. The van der Waals surface area contributed by atoms with E-state index >= 15 is 0 Å². The lowest BCUT2D eigenvalue weighted by Gasteiger charge is -2.10. The zero-order valence-electron chi connectivity index (χ0n) is 7.65. The Kier molecular flexibility index (Phi) is 2.75. The monoisotopic (exact) mass is 226 g/mol. The van der Waals surface area contributed by atoms with Crippen molar-refractivity contribution in [3.8, 4) is 0 Å². The molecule has 2 rings (SSSR count). The van der Waals surface area contributed by atoms with Gasteiger partial charge in [-0.05, 0) is 6.07 Å². The SMILES string of the molecule is NC(c1cscn1)c1ccc(F)cc1F. The first-order valence-corrected chi connectivity index (χ1v) is 5.21. The van der Waals surface area contributed by atoms with E-state index in [0.29, 0.717) is 5.69 Å². The number of nitrogens with zero attached hydrogens (tertiary/aromatic N) is 1. The molecule has 1 aromatic carbocycles. The van der Waals surface area contributed by atoms with Crippen molar-refractivity contribution in [2.75, 3.05) is 0 Å². The van der Waals surface area contributed by atoms with Gasteiger partial charge < -0.3 is 5.73 Å². The van der Waals surface area contributed by atoms with Crippen molar-refractivity contribution < 1.29 is 8.78 Å². The Morgan fingerprint density at radius 3 is 2.73 bits per heavy atom. The average molecular weight is 226 g/mol. The number of thiazole rings is 1. The van der Waals surface area contributed by atoms with E-state index in [1.165, 1.54) is 23.5 Å². The molecule has 0 aliphatic carbocycles. The molecule has 0 saturated heterocycles. The standard InChI is InChI=1S/C10H8F2N2S/c11-6-1-2-7(8(12)3-6)10(13)9-4-15-5-14-9/h1-5,10H,13H2. The van der Waals surface area contributed by atoms with Crippen LogP contribution in [0, 0.1) is 11.6 Å². The maximum absolute atomic E-state index is 13.3. The number of benzene rings is 1. The minimum Gasteiger partial charge on any atom is -0.319 e. The molecule has 2 N–H and O–H groups in total. The van der Waals surface area contributed by atoms with Gasteiger partial charge in [-0.15, -0.1) is 11.3 Å². The van der Waals surface area contributed by atoms with E-state index in [4.69, 9.17) is 5.73 Å². The molecular formula is C10H8F2N2S. The van der Waals surface area contributed by atoms with Gasteiger partial charge in [0.25, 0.3) is 0 Å². The Morgan fingerprint density at radius 1 is 1.33 bits per heavy atom. The second-order valence-electron chi connectivity index (χ2n) is 3.06. The van der Waals surface area contributed by atoms with Crippen molar-refractivity contribution in [2.45, 2.75) is 6.04 Å². The first-order chi connectivity index (χ1) is 7.18. The molecule has 2 aromatic rings. The van der Waals surface area contributed by atoms with E-state index in [9.17, 15) is 8.78 Å². The van der Waals surface area contributed by atoms with Crippen molar-refractivity contribution >= 4 is 11.3 Å². The number of halogens is 2. The molecule has 0 bridgehead atoms. The maximum atomic E-state index is 13.3. The molecule has 78 valence electrons. The Balaban J connectivity index is 2.38. The summed E-state index contributed by atoms with van der Waals surface area (Å²) in [7, 11) is 0. The molecule has 1 aromatic heterocycles. The van der Waals surface area contributed by atoms with Crippen LogP contribution in [0.2, 0.25) is 0 Å². The van der Waals surface area contributed by atoms with Gasteiger partial charge in [0.05, 0.1) is 17.2 Å². The first-order valence-electron chi connectivity index (χ1n) is 4.27. The van der Waals surface area contributed by atoms with Crippen LogP contribution < -0.4 is 5.73 Å². The number of rotatable bonds is 2.